The Morgan fingerprint density at radius 2 is 2.24 bits per heavy atom. The SMILES string of the molecule is CCN(Cc1nc(-c2cccs2)no1)C(=O)COc1cccc(Cl)c1. The van der Waals surface area contributed by atoms with E-state index in [1.807, 2.05) is 24.4 Å². The zero-order valence-corrected chi connectivity index (χ0v) is 15.1. The molecule has 3 rings (SSSR count). The molecule has 0 N–H and O–H groups in total. The van der Waals surface area contributed by atoms with Crippen molar-refractivity contribution >= 4 is 28.8 Å². The summed E-state index contributed by atoms with van der Waals surface area (Å²) in [5.41, 5.74) is 0. The summed E-state index contributed by atoms with van der Waals surface area (Å²) < 4.78 is 10.7. The number of nitrogens with zero attached hydrogens (tertiary/aromatic N) is 3. The third kappa shape index (κ3) is 4.58. The smallest absolute Gasteiger partial charge is 0.260 e. The first-order valence-electron chi connectivity index (χ1n) is 7.68. The second kappa shape index (κ2) is 8.13. The number of aromatic nitrogens is 2. The van der Waals surface area contributed by atoms with Gasteiger partial charge in [0, 0.05) is 11.6 Å². The fourth-order valence-corrected chi connectivity index (χ4v) is 2.99. The summed E-state index contributed by atoms with van der Waals surface area (Å²) in [6, 6.07) is 10.8. The average molecular weight is 378 g/mol. The van der Waals surface area contributed by atoms with Crippen molar-refractivity contribution in [2.75, 3.05) is 13.2 Å². The van der Waals surface area contributed by atoms with Crippen LogP contribution in [0.4, 0.5) is 0 Å². The molecule has 3 aromatic rings. The fourth-order valence-electron chi connectivity index (χ4n) is 2.16. The Morgan fingerprint density at radius 1 is 1.36 bits per heavy atom. The highest BCUT2D eigenvalue weighted by molar-refractivity contribution is 7.13. The Balaban J connectivity index is 1.59. The Morgan fingerprint density at radius 3 is 2.96 bits per heavy atom. The normalized spacial score (nSPS) is 10.6. The first-order chi connectivity index (χ1) is 12.2. The highest BCUT2D eigenvalue weighted by atomic mass is 35.5. The first-order valence-corrected chi connectivity index (χ1v) is 8.94. The van der Waals surface area contributed by atoms with E-state index in [1.54, 1.807) is 29.2 Å². The van der Waals surface area contributed by atoms with Gasteiger partial charge in [0.05, 0.1) is 4.88 Å². The monoisotopic (exact) mass is 377 g/mol. The summed E-state index contributed by atoms with van der Waals surface area (Å²) in [5, 5.41) is 6.45. The predicted octanol–water partition coefficient (Wildman–Crippen LogP) is 3.88. The maximum Gasteiger partial charge on any atom is 0.260 e. The number of thiophene rings is 1. The lowest BCUT2D eigenvalue weighted by Crippen LogP contribution is -2.34. The van der Waals surface area contributed by atoms with Crippen molar-refractivity contribution in [1.82, 2.24) is 15.0 Å². The Bertz CT molecular complexity index is 835. The van der Waals surface area contributed by atoms with Crippen molar-refractivity contribution in [3.63, 3.8) is 0 Å². The van der Waals surface area contributed by atoms with E-state index in [-0.39, 0.29) is 19.1 Å². The van der Waals surface area contributed by atoms with Crippen LogP contribution in [0.1, 0.15) is 12.8 Å². The number of hydrogen-bond donors (Lipinski definition) is 0. The molecule has 0 fully saturated rings. The van der Waals surface area contributed by atoms with Crippen LogP contribution < -0.4 is 4.74 Å². The molecule has 2 aromatic heterocycles. The van der Waals surface area contributed by atoms with E-state index in [0.717, 1.165) is 4.88 Å². The molecule has 0 aliphatic heterocycles. The Hall–Kier alpha value is -2.38. The summed E-state index contributed by atoms with van der Waals surface area (Å²) in [6.07, 6.45) is 0. The number of carbonyl (C=O) groups excluding carboxylic acids is 1. The molecular weight excluding hydrogens is 362 g/mol. The minimum absolute atomic E-state index is 0.0832. The summed E-state index contributed by atoms with van der Waals surface area (Å²) in [7, 11) is 0. The van der Waals surface area contributed by atoms with Crippen LogP contribution in [0.5, 0.6) is 5.75 Å². The summed E-state index contributed by atoms with van der Waals surface area (Å²) in [4.78, 5) is 19.2. The highest BCUT2D eigenvalue weighted by Crippen LogP contribution is 2.21. The molecule has 0 saturated carbocycles. The molecule has 1 aromatic carbocycles. The number of carbonyl (C=O) groups is 1. The summed E-state index contributed by atoms with van der Waals surface area (Å²) in [6.45, 7) is 2.55. The lowest BCUT2D eigenvalue weighted by atomic mass is 10.3. The molecular formula is C17H16ClN3O3S. The molecule has 8 heteroatoms. The molecule has 0 aliphatic rings. The molecule has 0 atom stereocenters. The van der Waals surface area contributed by atoms with Crippen LogP contribution in [0.2, 0.25) is 5.02 Å². The van der Waals surface area contributed by atoms with Gasteiger partial charge < -0.3 is 14.2 Å². The number of benzene rings is 1. The van der Waals surface area contributed by atoms with Gasteiger partial charge in [0.15, 0.2) is 6.61 Å². The van der Waals surface area contributed by atoms with Crippen LogP contribution in [0.25, 0.3) is 10.7 Å². The molecule has 25 heavy (non-hydrogen) atoms. The number of halogens is 1. The standard InChI is InChI=1S/C17H16ClN3O3S/c1-2-21(16(22)11-23-13-6-3-5-12(18)9-13)10-15-19-17(20-24-15)14-7-4-8-25-14/h3-9H,2,10-11H2,1H3. The van der Waals surface area contributed by atoms with E-state index in [2.05, 4.69) is 10.1 Å². The maximum atomic E-state index is 12.4. The van der Waals surface area contributed by atoms with Crippen LogP contribution in [-0.4, -0.2) is 34.1 Å². The highest BCUT2D eigenvalue weighted by Gasteiger charge is 2.17. The second-order valence-electron chi connectivity index (χ2n) is 5.14. The zero-order chi connectivity index (χ0) is 17.6. The van der Waals surface area contributed by atoms with Gasteiger partial charge in [-0.05, 0) is 36.6 Å². The zero-order valence-electron chi connectivity index (χ0n) is 13.5. The first kappa shape index (κ1) is 17.4. The van der Waals surface area contributed by atoms with E-state index in [4.69, 9.17) is 20.9 Å². The number of amides is 1. The van der Waals surface area contributed by atoms with E-state index < -0.39 is 0 Å². The molecule has 0 saturated heterocycles. The molecule has 0 spiro atoms. The minimum atomic E-state index is -0.168. The van der Waals surface area contributed by atoms with Gasteiger partial charge in [-0.2, -0.15) is 4.98 Å². The van der Waals surface area contributed by atoms with Crippen molar-refractivity contribution in [2.45, 2.75) is 13.5 Å². The number of likely N-dealkylation sites (N-methyl/N-ethyl adjacent to an activating group) is 1. The number of hydrogen-bond acceptors (Lipinski definition) is 6. The quantitative estimate of drug-likeness (QED) is 0.625. The molecule has 1 amide bonds. The number of ether oxygens (including phenoxy) is 1. The lowest BCUT2D eigenvalue weighted by Gasteiger charge is -2.18. The Kier molecular flexibility index (Phi) is 5.67. The van der Waals surface area contributed by atoms with Crippen molar-refractivity contribution < 1.29 is 14.1 Å². The molecule has 0 bridgehead atoms. The maximum absolute atomic E-state index is 12.4. The van der Waals surface area contributed by atoms with Gasteiger partial charge in [0.25, 0.3) is 5.91 Å². The van der Waals surface area contributed by atoms with Crippen LogP contribution in [0, 0.1) is 0 Å². The van der Waals surface area contributed by atoms with Crippen molar-refractivity contribution in [2.24, 2.45) is 0 Å². The second-order valence-corrected chi connectivity index (χ2v) is 6.53. The van der Waals surface area contributed by atoms with Crippen molar-refractivity contribution in [3.8, 4) is 16.5 Å². The van der Waals surface area contributed by atoms with Crippen LogP contribution in [0.15, 0.2) is 46.3 Å². The summed E-state index contributed by atoms with van der Waals surface area (Å²) in [5.74, 6) is 1.30. The van der Waals surface area contributed by atoms with E-state index in [1.165, 1.54) is 11.3 Å². The topological polar surface area (TPSA) is 68.5 Å². The lowest BCUT2D eigenvalue weighted by molar-refractivity contribution is -0.134. The molecule has 0 unspecified atom stereocenters. The molecule has 6 nitrogen and oxygen atoms in total. The largest absolute Gasteiger partial charge is 0.484 e. The van der Waals surface area contributed by atoms with Gasteiger partial charge in [0.1, 0.15) is 12.3 Å². The average Bonchev–Trinajstić information content (AvgIpc) is 3.29. The minimum Gasteiger partial charge on any atom is -0.484 e. The predicted molar refractivity (Wildman–Crippen MR) is 95.6 cm³/mol. The fraction of sp³-hybridized carbons (Fsp3) is 0.235. The van der Waals surface area contributed by atoms with Crippen molar-refractivity contribution in [1.29, 1.82) is 0 Å². The van der Waals surface area contributed by atoms with Crippen LogP contribution >= 0.6 is 22.9 Å². The van der Waals surface area contributed by atoms with Gasteiger partial charge in [0.2, 0.25) is 11.7 Å². The van der Waals surface area contributed by atoms with Crippen molar-refractivity contribution in [3.05, 3.63) is 52.7 Å². The van der Waals surface area contributed by atoms with Gasteiger partial charge in [-0.1, -0.05) is 28.9 Å². The van der Waals surface area contributed by atoms with Gasteiger partial charge >= 0.3 is 0 Å². The van der Waals surface area contributed by atoms with E-state index >= 15 is 0 Å². The third-order valence-electron chi connectivity index (χ3n) is 3.43. The number of rotatable bonds is 7. The van der Waals surface area contributed by atoms with Crippen LogP contribution in [-0.2, 0) is 11.3 Å². The van der Waals surface area contributed by atoms with Gasteiger partial charge in [-0.25, -0.2) is 0 Å². The van der Waals surface area contributed by atoms with Crippen LogP contribution in [0.3, 0.4) is 0 Å². The third-order valence-corrected chi connectivity index (χ3v) is 4.53. The van der Waals surface area contributed by atoms with Gasteiger partial charge in [-0.15, -0.1) is 11.3 Å². The molecule has 0 radical (unpaired) electrons. The van der Waals surface area contributed by atoms with E-state index in [0.29, 0.717) is 29.0 Å². The van der Waals surface area contributed by atoms with Gasteiger partial charge in [-0.3, -0.25) is 4.79 Å². The molecule has 0 aliphatic carbocycles. The molecule has 2 heterocycles. The van der Waals surface area contributed by atoms with E-state index in [9.17, 15) is 4.79 Å². The summed E-state index contributed by atoms with van der Waals surface area (Å²) >= 11 is 7.43. The Labute approximate surface area is 154 Å². The molecule has 130 valence electrons.